The molecule has 4 heterocycles. The van der Waals surface area contributed by atoms with Crippen LogP contribution in [0.2, 0.25) is 30.7 Å². The largest absolute Gasteiger partial charge is 0.361 e. The molecule has 0 saturated heterocycles. The summed E-state index contributed by atoms with van der Waals surface area (Å²) in [5, 5.41) is 2.50. The van der Waals surface area contributed by atoms with Crippen LogP contribution in [-0.2, 0) is 18.5 Å². The molecule has 4 rings (SSSR count). The number of rotatable bonds is 6. The van der Waals surface area contributed by atoms with Crippen molar-refractivity contribution in [1.29, 1.82) is 0 Å². The molecule has 156 valence electrons. The van der Waals surface area contributed by atoms with Gasteiger partial charge in [-0.2, -0.15) is 0 Å². The van der Waals surface area contributed by atoms with Crippen LogP contribution in [0.1, 0.15) is 0 Å². The third-order valence-electron chi connectivity index (χ3n) is 5.22. The van der Waals surface area contributed by atoms with Crippen molar-refractivity contribution in [3.05, 3.63) is 58.4 Å². The van der Waals surface area contributed by atoms with Crippen molar-refractivity contribution in [3.63, 3.8) is 0 Å². The Balaban J connectivity index is 1.76. The molecule has 0 radical (unpaired) electrons. The fraction of sp³-hybridized carbons (Fsp3) is 0.318. The van der Waals surface area contributed by atoms with Crippen LogP contribution in [0.4, 0.5) is 0 Å². The minimum absolute atomic E-state index is 0.174. The van der Waals surface area contributed by atoms with Gasteiger partial charge in [0, 0.05) is 62.9 Å². The Kier molecular flexibility index (Phi) is 5.53. The second kappa shape index (κ2) is 7.98. The smallest absolute Gasteiger partial charge is 0.261 e. The van der Waals surface area contributed by atoms with E-state index in [4.69, 9.17) is 16.3 Å². The highest BCUT2D eigenvalue weighted by Crippen LogP contribution is 2.33. The first kappa shape index (κ1) is 20.8. The predicted molar refractivity (Wildman–Crippen MR) is 125 cm³/mol. The molecule has 0 aromatic carbocycles. The third-order valence-corrected chi connectivity index (χ3v) is 7.21. The van der Waals surface area contributed by atoms with Gasteiger partial charge in [0.2, 0.25) is 0 Å². The molecule has 4 aromatic rings. The molecule has 0 amide bonds. The normalized spacial score (nSPS) is 12.2. The zero-order valence-corrected chi connectivity index (χ0v) is 19.4. The minimum atomic E-state index is -1.18. The highest BCUT2D eigenvalue weighted by Gasteiger charge is 2.17. The van der Waals surface area contributed by atoms with Crippen LogP contribution in [0.25, 0.3) is 33.1 Å². The maximum absolute atomic E-state index is 13.2. The van der Waals surface area contributed by atoms with Gasteiger partial charge in [0.1, 0.15) is 12.4 Å². The summed E-state index contributed by atoms with van der Waals surface area (Å²) in [6.45, 7) is 7.77. The van der Waals surface area contributed by atoms with E-state index in [1.54, 1.807) is 23.2 Å². The Morgan fingerprint density at radius 3 is 2.63 bits per heavy atom. The van der Waals surface area contributed by atoms with Crippen LogP contribution < -0.4 is 5.56 Å². The summed E-state index contributed by atoms with van der Waals surface area (Å²) >= 11 is 6.41. The lowest BCUT2D eigenvalue weighted by atomic mass is 10.0. The third kappa shape index (κ3) is 3.92. The molecule has 0 unspecified atom stereocenters. The Morgan fingerprint density at radius 1 is 1.10 bits per heavy atom. The van der Waals surface area contributed by atoms with Gasteiger partial charge in [0.15, 0.2) is 0 Å². The number of hydrogen-bond acceptors (Lipinski definition) is 4. The highest BCUT2D eigenvalue weighted by atomic mass is 35.5. The van der Waals surface area contributed by atoms with E-state index in [2.05, 4.69) is 29.6 Å². The Morgan fingerprint density at radius 2 is 1.87 bits per heavy atom. The second-order valence-electron chi connectivity index (χ2n) is 8.70. The average molecular weight is 441 g/mol. The van der Waals surface area contributed by atoms with Crippen LogP contribution in [0.5, 0.6) is 0 Å². The molecule has 0 N–H and O–H groups in total. The Labute approximate surface area is 181 Å². The number of hydrogen-bond donors (Lipinski definition) is 0. The van der Waals surface area contributed by atoms with Crippen molar-refractivity contribution in [2.45, 2.75) is 32.4 Å². The molecule has 0 aliphatic heterocycles. The molecule has 0 atom stereocenters. The van der Waals surface area contributed by atoms with Crippen molar-refractivity contribution in [2.24, 2.45) is 7.05 Å². The first-order valence-electron chi connectivity index (χ1n) is 9.92. The minimum Gasteiger partial charge on any atom is -0.361 e. The molecule has 0 saturated carbocycles. The monoisotopic (exact) mass is 440 g/mol. The number of pyridine rings is 3. The molecule has 0 aliphatic rings. The number of aryl methyl sites for hydroxylation is 1. The molecule has 6 nitrogen and oxygen atoms in total. The first-order valence-corrected chi connectivity index (χ1v) is 14.0. The van der Waals surface area contributed by atoms with Crippen molar-refractivity contribution in [1.82, 2.24) is 19.1 Å². The molecular formula is C22H25ClN4O2Si. The molecule has 4 aromatic heterocycles. The van der Waals surface area contributed by atoms with Crippen molar-refractivity contribution in [3.8, 4) is 11.3 Å². The van der Waals surface area contributed by atoms with Gasteiger partial charge in [0.05, 0.1) is 16.1 Å². The van der Waals surface area contributed by atoms with Crippen molar-refractivity contribution >= 4 is 41.5 Å². The molecule has 8 heteroatoms. The fourth-order valence-electron chi connectivity index (χ4n) is 3.49. The summed E-state index contributed by atoms with van der Waals surface area (Å²) in [7, 11) is 0.776. The maximum atomic E-state index is 13.2. The molecular weight excluding hydrogens is 416 g/mol. The molecule has 30 heavy (non-hydrogen) atoms. The van der Waals surface area contributed by atoms with Crippen LogP contribution in [0.15, 0.2) is 47.8 Å². The van der Waals surface area contributed by atoms with Gasteiger partial charge >= 0.3 is 0 Å². The summed E-state index contributed by atoms with van der Waals surface area (Å²) in [4.78, 5) is 22.2. The lowest BCUT2D eigenvalue weighted by Crippen LogP contribution is -2.24. The van der Waals surface area contributed by atoms with E-state index < -0.39 is 8.07 Å². The number of aromatic nitrogens is 4. The SMILES string of the molecule is Cn1ccc2c(-c3ncc(Cl)c4c(=O)n(COCC[Si](C)(C)C)ccc34)ccnc21. The van der Waals surface area contributed by atoms with Crippen LogP contribution in [0, 0.1) is 0 Å². The van der Waals surface area contributed by atoms with Gasteiger partial charge in [-0.05, 0) is 24.2 Å². The zero-order valence-electron chi connectivity index (χ0n) is 17.6. The van der Waals surface area contributed by atoms with Crippen LogP contribution in [0.3, 0.4) is 0 Å². The summed E-state index contributed by atoms with van der Waals surface area (Å²) < 4.78 is 9.29. The molecule has 0 bridgehead atoms. The summed E-state index contributed by atoms with van der Waals surface area (Å²) in [6, 6.07) is 6.87. The summed E-state index contributed by atoms with van der Waals surface area (Å²) in [5.41, 5.74) is 2.33. The number of nitrogens with zero attached hydrogens (tertiary/aromatic N) is 4. The average Bonchev–Trinajstić information content (AvgIpc) is 3.07. The van der Waals surface area contributed by atoms with Crippen LogP contribution >= 0.6 is 11.6 Å². The number of halogens is 1. The Hall–Kier alpha value is -2.48. The number of ether oxygens (including phenoxy) is 1. The van der Waals surface area contributed by atoms with Gasteiger partial charge in [-0.1, -0.05) is 31.2 Å². The summed E-state index contributed by atoms with van der Waals surface area (Å²) in [5.74, 6) is 0. The van der Waals surface area contributed by atoms with Gasteiger partial charge in [-0.25, -0.2) is 4.98 Å². The zero-order chi connectivity index (χ0) is 21.5. The standard InChI is InChI=1S/C22H25ClN4O2Si/c1-26-9-6-16-15(5-8-24-21(16)26)20-17-7-10-27(14-29-11-12-30(2,3)4)22(28)19(17)18(23)13-25-20/h5-10,13H,11-12,14H2,1-4H3. The van der Waals surface area contributed by atoms with E-state index in [1.165, 1.54) is 0 Å². The Bertz CT molecular complexity index is 1290. The van der Waals surface area contributed by atoms with E-state index in [0.29, 0.717) is 17.0 Å². The molecule has 0 aliphatic carbocycles. The predicted octanol–water partition coefficient (Wildman–Crippen LogP) is 4.92. The van der Waals surface area contributed by atoms with Crippen LogP contribution in [-0.4, -0.2) is 33.8 Å². The topological polar surface area (TPSA) is 61.9 Å². The van der Waals surface area contributed by atoms with Crippen molar-refractivity contribution < 1.29 is 4.74 Å². The quantitative estimate of drug-likeness (QED) is 0.315. The van der Waals surface area contributed by atoms with E-state index in [0.717, 1.165) is 33.7 Å². The maximum Gasteiger partial charge on any atom is 0.261 e. The van der Waals surface area contributed by atoms with E-state index in [1.807, 2.05) is 36.0 Å². The lowest BCUT2D eigenvalue weighted by Gasteiger charge is -2.16. The van der Waals surface area contributed by atoms with E-state index >= 15 is 0 Å². The van der Waals surface area contributed by atoms with Gasteiger partial charge in [-0.3, -0.25) is 14.3 Å². The molecule has 0 spiro atoms. The second-order valence-corrected chi connectivity index (χ2v) is 14.7. The van der Waals surface area contributed by atoms with Crippen molar-refractivity contribution in [2.75, 3.05) is 6.61 Å². The van der Waals surface area contributed by atoms with Gasteiger partial charge in [-0.15, -0.1) is 0 Å². The molecule has 0 fully saturated rings. The van der Waals surface area contributed by atoms with Gasteiger partial charge < -0.3 is 9.30 Å². The fourth-order valence-corrected chi connectivity index (χ4v) is 4.47. The first-order chi connectivity index (χ1) is 14.3. The van der Waals surface area contributed by atoms with E-state index in [-0.39, 0.29) is 12.3 Å². The lowest BCUT2D eigenvalue weighted by molar-refractivity contribution is 0.0851. The van der Waals surface area contributed by atoms with Gasteiger partial charge in [0.25, 0.3) is 5.56 Å². The highest BCUT2D eigenvalue weighted by molar-refractivity contribution is 6.76. The summed E-state index contributed by atoms with van der Waals surface area (Å²) in [6.07, 6.45) is 7.02. The number of fused-ring (bicyclic) bond motifs is 2. The van der Waals surface area contributed by atoms with E-state index in [9.17, 15) is 4.79 Å².